The van der Waals surface area contributed by atoms with Crippen LogP contribution in [0.25, 0.3) is 0 Å². The molecule has 0 aliphatic carbocycles. The minimum atomic E-state index is -1.00. The molecule has 1 heterocycles. The number of benzene rings is 1. The van der Waals surface area contributed by atoms with Gasteiger partial charge in [-0.1, -0.05) is 6.92 Å². The minimum Gasteiger partial charge on any atom is -0.478 e. The Morgan fingerprint density at radius 1 is 1.29 bits per heavy atom. The molecule has 2 aromatic rings. The molecule has 1 aromatic carbocycles. The molecule has 0 radical (unpaired) electrons. The second-order valence-electron chi connectivity index (χ2n) is 4.80. The topological polar surface area (TPSA) is 79.3 Å². The molecular weight excluding hydrogens is 288 g/mol. The lowest BCUT2D eigenvalue weighted by molar-refractivity contribution is 0.0696. The van der Waals surface area contributed by atoms with E-state index in [0.717, 1.165) is 9.88 Å². The average Bonchev–Trinajstić information content (AvgIpc) is 2.91. The standard InChI is InChI=1S/C15H16N2O3S/c1-9(14-17-8-10(2)21-14)7-16-13(18)11-3-5-12(6-4-11)15(19)20/h3-6,8-9H,7H2,1-2H3,(H,16,18)(H,19,20). The zero-order chi connectivity index (χ0) is 15.4. The molecule has 1 atom stereocenters. The molecule has 1 amide bonds. The van der Waals surface area contributed by atoms with Crippen molar-refractivity contribution in [3.8, 4) is 0 Å². The lowest BCUT2D eigenvalue weighted by Crippen LogP contribution is -2.27. The number of aryl methyl sites for hydroxylation is 1. The monoisotopic (exact) mass is 304 g/mol. The van der Waals surface area contributed by atoms with Crippen molar-refractivity contribution in [3.05, 3.63) is 51.5 Å². The summed E-state index contributed by atoms with van der Waals surface area (Å²) >= 11 is 1.62. The normalized spacial score (nSPS) is 11.9. The van der Waals surface area contributed by atoms with Crippen LogP contribution in [-0.4, -0.2) is 28.5 Å². The Balaban J connectivity index is 1.93. The quantitative estimate of drug-likeness (QED) is 0.890. The second-order valence-corrected chi connectivity index (χ2v) is 6.07. The van der Waals surface area contributed by atoms with Crippen LogP contribution in [0.15, 0.2) is 30.5 Å². The molecule has 0 spiro atoms. The zero-order valence-corrected chi connectivity index (χ0v) is 12.6. The van der Waals surface area contributed by atoms with Gasteiger partial charge in [-0.15, -0.1) is 11.3 Å². The van der Waals surface area contributed by atoms with Crippen molar-refractivity contribution in [3.63, 3.8) is 0 Å². The average molecular weight is 304 g/mol. The highest BCUT2D eigenvalue weighted by molar-refractivity contribution is 7.11. The van der Waals surface area contributed by atoms with Gasteiger partial charge in [-0.05, 0) is 31.2 Å². The summed E-state index contributed by atoms with van der Waals surface area (Å²) < 4.78 is 0. The van der Waals surface area contributed by atoms with Crippen LogP contribution in [-0.2, 0) is 0 Å². The Morgan fingerprint density at radius 2 is 1.90 bits per heavy atom. The number of nitrogens with one attached hydrogen (secondary N) is 1. The van der Waals surface area contributed by atoms with Crippen molar-refractivity contribution in [1.29, 1.82) is 0 Å². The Bertz CT molecular complexity index is 649. The van der Waals surface area contributed by atoms with Crippen LogP contribution in [0, 0.1) is 6.92 Å². The molecule has 110 valence electrons. The van der Waals surface area contributed by atoms with Crippen LogP contribution in [0.5, 0.6) is 0 Å². The maximum atomic E-state index is 12.0. The highest BCUT2D eigenvalue weighted by Crippen LogP contribution is 2.20. The van der Waals surface area contributed by atoms with Gasteiger partial charge in [-0.3, -0.25) is 4.79 Å². The Kier molecular flexibility index (Phi) is 4.70. The Morgan fingerprint density at radius 3 is 2.43 bits per heavy atom. The van der Waals surface area contributed by atoms with Crippen LogP contribution in [0.3, 0.4) is 0 Å². The van der Waals surface area contributed by atoms with Gasteiger partial charge in [-0.25, -0.2) is 9.78 Å². The van der Waals surface area contributed by atoms with Crippen LogP contribution in [0.2, 0.25) is 0 Å². The molecule has 2 N–H and O–H groups in total. The van der Waals surface area contributed by atoms with Gasteiger partial charge in [0, 0.05) is 29.1 Å². The number of rotatable bonds is 5. The van der Waals surface area contributed by atoms with E-state index in [4.69, 9.17) is 5.11 Å². The molecule has 0 saturated carbocycles. The van der Waals surface area contributed by atoms with Crippen molar-refractivity contribution in [2.24, 2.45) is 0 Å². The van der Waals surface area contributed by atoms with Crippen molar-refractivity contribution in [2.45, 2.75) is 19.8 Å². The van der Waals surface area contributed by atoms with Gasteiger partial charge in [-0.2, -0.15) is 0 Å². The van der Waals surface area contributed by atoms with E-state index in [1.165, 1.54) is 24.3 Å². The van der Waals surface area contributed by atoms with E-state index in [9.17, 15) is 9.59 Å². The van der Waals surface area contributed by atoms with E-state index in [0.29, 0.717) is 12.1 Å². The summed E-state index contributed by atoms with van der Waals surface area (Å²) in [5, 5.41) is 12.6. The SMILES string of the molecule is Cc1cnc(C(C)CNC(=O)c2ccc(C(=O)O)cc2)s1. The number of carboxylic acid groups (broad SMARTS) is 1. The number of carbonyl (C=O) groups is 2. The lowest BCUT2D eigenvalue weighted by atomic mass is 10.1. The van der Waals surface area contributed by atoms with Gasteiger partial charge < -0.3 is 10.4 Å². The van der Waals surface area contributed by atoms with Gasteiger partial charge in [0.1, 0.15) is 0 Å². The summed E-state index contributed by atoms with van der Waals surface area (Å²) in [6, 6.07) is 5.86. The summed E-state index contributed by atoms with van der Waals surface area (Å²) in [7, 11) is 0. The van der Waals surface area contributed by atoms with E-state index in [-0.39, 0.29) is 17.4 Å². The van der Waals surface area contributed by atoms with Gasteiger partial charge in [0.2, 0.25) is 0 Å². The van der Waals surface area contributed by atoms with Gasteiger partial charge >= 0.3 is 5.97 Å². The Labute approximate surface area is 126 Å². The first-order chi connectivity index (χ1) is 9.97. The van der Waals surface area contributed by atoms with Crippen LogP contribution >= 0.6 is 11.3 Å². The number of amides is 1. The van der Waals surface area contributed by atoms with Crippen LogP contribution in [0.4, 0.5) is 0 Å². The largest absolute Gasteiger partial charge is 0.478 e. The maximum Gasteiger partial charge on any atom is 0.335 e. The van der Waals surface area contributed by atoms with Crippen molar-refractivity contribution in [2.75, 3.05) is 6.54 Å². The first-order valence-corrected chi connectivity index (χ1v) is 7.33. The van der Waals surface area contributed by atoms with Gasteiger partial charge in [0.25, 0.3) is 5.91 Å². The molecule has 2 rings (SSSR count). The smallest absolute Gasteiger partial charge is 0.335 e. The third kappa shape index (κ3) is 3.88. The third-order valence-electron chi connectivity index (χ3n) is 3.02. The molecule has 0 bridgehead atoms. The molecule has 1 aromatic heterocycles. The minimum absolute atomic E-state index is 0.144. The van der Waals surface area contributed by atoms with Crippen LogP contribution < -0.4 is 5.32 Å². The van der Waals surface area contributed by atoms with Crippen LogP contribution in [0.1, 0.15) is 43.4 Å². The van der Waals surface area contributed by atoms with Gasteiger partial charge in [0.15, 0.2) is 0 Å². The Hall–Kier alpha value is -2.21. The number of aromatic carboxylic acids is 1. The molecule has 5 nitrogen and oxygen atoms in total. The number of nitrogens with zero attached hydrogens (tertiary/aromatic N) is 1. The fraction of sp³-hybridized carbons (Fsp3) is 0.267. The second kappa shape index (κ2) is 6.49. The molecule has 0 aliphatic rings. The number of thiazole rings is 1. The van der Waals surface area contributed by atoms with E-state index in [1.807, 2.05) is 20.0 Å². The number of carbonyl (C=O) groups excluding carboxylic acids is 1. The third-order valence-corrected chi connectivity index (χ3v) is 4.17. The molecule has 0 aliphatic heterocycles. The predicted molar refractivity (Wildman–Crippen MR) is 81.0 cm³/mol. The molecule has 0 saturated heterocycles. The maximum absolute atomic E-state index is 12.0. The molecular formula is C15H16N2O3S. The molecule has 0 fully saturated rings. The highest BCUT2D eigenvalue weighted by Gasteiger charge is 2.12. The van der Waals surface area contributed by atoms with E-state index >= 15 is 0 Å². The lowest BCUT2D eigenvalue weighted by Gasteiger charge is -2.10. The van der Waals surface area contributed by atoms with Crippen molar-refractivity contribution < 1.29 is 14.7 Å². The summed E-state index contributed by atoms with van der Waals surface area (Å²) in [4.78, 5) is 28.2. The van der Waals surface area contributed by atoms with Crippen molar-refractivity contribution in [1.82, 2.24) is 10.3 Å². The molecule has 6 heteroatoms. The number of hydrogen-bond acceptors (Lipinski definition) is 4. The first-order valence-electron chi connectivity index (χ1n) is 6.51. The van der Waals surface area contributed by atoms with Crippen molar-refractivity contribution >= 4 is 23.2 Å². The number of carboxylic acids is 1. The fourth-order valence-electron chi connectivity index (χ4n) is 1.80. The summed E-state index contributed by atoms with van der Waals surface area (Å²) in [6.45, 7) is 4.50. The number of hydrogen-bond donors (Lipinski definition) is 2. The molecule has 21 heavy (non-hydrogen) atoms. The van der Waals surface area contributed by atoms with E-state index in [1.54, 1.807) is 11.3 Å². The first kappa shape index (κ1) is 15.2. The number of aromatic nitrogens is 1. The predicted octanol–water partition coefficient (Wildman–Crippen LogP) is 2.68. The molecule has 1 unspecified atom stereocenters. The van der Waals surface area contributed by atoms with E-state index < -0.39 is 5.97 Å². The van der Waals surface area contributed by atoms with E-state index in [2.05, 4.69) is 10.3 Å². The summed E-state index contributed by atoms with van der Waals surface area (Å²) in [5.74, 6) is -1.08. The summed E-state index contributed by atoms with van der Waals surface area (Å²) in [5.41, 5.74) is 0.612. The summed E-state index contributed by atoms with van der Waals surface area (Å²) in [6.07, 6.45) is 1.82. The zero-order valence-electron chi connectivity index (χ0n) is 11.8. The van der Waals surface area contributed by atoms with Gasteiger partial charge in [0.05, 0.1) is 10.6 Å². The fourth-order valence-corrected chi connectivity index (χ4v) is 2.62. The highest BCUT2D eigenvalue weighted by atomic mass is 32.1.